The van der Waals surface area contributed by atoms with E-state index in [0.29, 0.717) is 9.80 Å². The van der Waals surface area contributed by atoms with Gasteiger partial charge in [-0.15, -0.1) is 0 Å². The van der Waals surface area contributed by atoms with Crippen LogP contribution >= 0.6 is 0 Å². The fourth-order valence-electron chi connectivity index (χ4n) is 2.90. The lowest BCUT2D eigenvalue weighted by Crippen LogP contribution is -2.15. The van der Waals surface area contributed by atoms with Crippen molar-refractivity contribution in [3.8, 4) is 0 Å². The maximum Gasteiger partial charge on any atom is 0.208 e. The third-order valence-corrected chi connectivity index (χ3v) is 6.21. The molecule has 1 aliphatic heterocycles. The molecule has 0 radical (unpaired) electrons. The predicted molar refractivity (Wildman–Crippen MR) is 98.3 cm³/mol. The Kier molecular flexibility index (Phi) is 4.76. The standard InChI is InChI=1S/C20H23NO2S/c1-16-5-9-18(10-6-16)20(15-21-13-3-4-14-21)24(22,23)19-11-7-17(2)8-12-19/h5-12,15H,3-4,13-14H2,1-2H3/b20-15-. The van der Waals surface area contributed by atoms with Crippen molar-refractivity contribution in [2.75, 3.05) is 13.1 Å². The van der Waals surface area contributed by atoms with Crippen molar-refractivity contribution in [3.63, 3.8) is 0 Å². The number of rotatable bonds is 4. The minimum absolute atomic E-state index is 0.346. The molecule has 1 saturated heterocycles. The number of hydrogen-bond donors (Lipinski definition) is 0. The Morgan fingerprint density at radius 3 is 1.92 bits per heavy atom. The van der Waals surface area contributed by atoms with Crippen molar-refractivity contribution in [1.82, 2.24) is 4.90 Å². The molecule has 1 heterocycles. The molecule has 3 nitrogen and oxygen atoms in total. The molecule has 3 rings (SSSR count). The van der Waals surface area contributed by atoms with Gasteiger partial charge in [-0.2, -0.15) is 0 Å². The topological polar surface area (TPSA) is 37.4 Å². The molecule has 0 amide bonds. The van der Waals surface area contributed by atoms with Crippen LogP contribution in [0.25, 0.3) is 4.91 Å². The molecule has 2 aromatic carbocycles. The smallest absolute Gasteiger partial charge is 0.208 e. The molecule has 0 N–H and O–H groups in total. The van der Waals surface area contributed by atoms with Crippen LogP contribution in [0.2, 0.25) is 0 Å². The van der Waals surface area contributed by atoms with Crippen molar-refractivity contribution in [1.29, 1.82) is 0 Å². The minimum Gasteiger partial charge on any atom is -0.376 e. The van der Waals surface area contributed by atoms with Gasteiger partial charge in [0.25, 0.3) is 0 Å². The lowest BCUT2D eigenvalue weighted by Gasteiger charge is -2.16. The van der Waals surface area contributed by atoms with Gasteiger partial charge in [-0.1, -0.05) is 47.5 Å². The number of aryl methyl sites for hydroxylation is 2. The van der Waals surface area contributed by atoms with Gasteiger partial charge < -0.3 is 4.90 Å². The summed E-state index contributed by atoms with van der Waals surface area (Å²) in [4.78, 5) is 2.84. The number of hydrogen-bond acceptors (Lipinski definition) is 3. The zero-order valence-electron chi connectivity index (χ0n) is 14.2. The first kappa shape index (κ1) is 16.8. The average molecular weight is 341 g/mol. The molecule has 126 valence electrons. The third-order valence-electron chi connectivity index (χ3n) is 4.40. The predicted octanol–water partition coefficient (Wildman–Crippen LogP) is 4.17. The van der Waals surface area contributed by atoms with Crippen molar-refractivity contribution >= 4 is 14.7 Å². The lowest BCUT2D eigenvalue weighted by atomic mass is 10.1. The van der Waals surface area contributed by atoms with Crippen LogP contribution in [-0.4, -0.2) is 26.4 Å². The maximum absolute atomic E-state index is 13.2. The second-order valence-corrected chi connectivity index (χ2v) is 8.34. The Balaban J connectivity index is 2.09. The van der Waals surface area contributed by atoms with Crippen LogP contribution in [0, 0.1) is 13.8 Å². The maximum atomic E-state index is 13.2. The van der Waals surface area contributed by atoms with Gasteiger partial charge in [0, 0.05) is 19.3 Å². The van der Waals surface area contributed by atoms with Gasteiger partial charge >= 0.3 is 0 Å². The van der Waals surface area contributed by atoms with E-state index in [1.165, 1.54) is 0 Å². The third kappa shape index (κ3) is 3.54. The largest absolute Gasteiger partial charge is 0.376 e. The summed E-state index contributed by atoms with van der Waals surface area (Å²) in [5, 5.41) is 0. The summed E-state index contributed by atoms with van der Waals surface area (Å²) >= 11 is 0. The molecule has 1 aliphatic rings. The molecule has 24 heavy (non-hydrogen) atoms. The summed E-state index contributed by atoms with van der Waals surface area (Å²) in [6, 6.07) is 14.8. The summed E-state index contributed by atoms with van der Waals surface area (Å²) in [7, 11) is -3.55. The van der Waals surface area contributed by atoms with E-state index < -0.39 is 9.84 Å². The molecule has 0 bridgehead atoms. The van der Waals surface area contributed by atoms with E-state index >= 15 is 0 Å². The van der Waals surface area contributed by atoms with E-state index in [4.69, 9.17) is 0 Å². The molecule has 0 aromatic heterocycles. The molecular formula is C20H23NO2S. The van der Waals surface area contributed by atoms with E-state index in [1.807, 2.05) is 56.4 Å². The van der Waals surface area contributed by atoms with Crippen LogP contribution in [0.5, 0.6) is 0 Å². The Labute approximate surface area is 144 Å². The van der Waals surface area contributed by atoms with Crippen molar-refractivity contribution in [2.24, 2.45) is 0 Å². The van der Waals surface area contributed by atoms with Gasteiger partial charge in [0.05, 0.1) is 9.80 Å². The fraction of sp³-hybridized carbons (Fsp3) is 0.300. The molecule has 2 aromatic rings. The zero-order chi connectivity index (χ0) is 17.2. The summed E-state index contributed by atoms with van der Waals surface area (Å²) in [6.45, 7) is 5.79. The first-order valence-electron chi connectivity index (χ1n) is 8.31. The van der Waals surface area contributed by atoms with Gasteiger partial charge in [-0.3, -0.25) is 0 Å². The number of likely N-dealkylation sites (tertiary alicyclic amines) is 1. The summed E-state index contributed by atoms with van der Waals surface area (Å²) in [6.07, 6.45) is 4.05. The quantitative estimate of drug-likeness (QED) is 0.837. The summed E-state index contributed by atoms with van der Waals surface area (Å²) < 4.78 is 26.4. The zero-order valence-corrected chi connectivity index (χ0v) is 15.0. The van der Waals surface area contributed by atoms with Crippen molar-refractivity contribution in [3.05, 3.63) is 71.4 Å². The van der Waals surface area contributed by atoms with Gasteiger partial charge in [-0.25, -0.2) is 8.42 Å². The first-order valence-corrected chi connectivity index (χ1v) is 9.80. The van der Waals surface area contributed by atoms with Crippen LogP contribution < -0.4 is 0 Å². The molecule has 0 atom stereocenters. The number of sulfone groups is 1. The highest BCUT2D eigenvalue weighted by Crippen LogP contribution is 2.29. The monoisotopic (exact) mass is 341 g/mol. The van der Waals surface area contributed by atoms with E-state index in [1.54, 1.807) is 12.1 Å². The van der Waals surface area contributed by atoms with Gasteiger partial charge in [0.2, 0.25) is 9.84 Å². The van der Waals surface area contributed by atoms with Crippen LogP contribution in [0.15, 0.2) is 59.6 Å². The molecule has 0 aliphatic carbocycles. The second-order valence-electron chi connectivity index (χ2n) is 6.42. The van der Waals surface area contributed by atoms with Crippen molar-refractivity contribution in [2.45, 2.75) is 31.6 Å². The highest BCUT2D eigenvalue weighted by molar-refractivity contribution is 8.00. The highest BCUT2D eigenvalue weighted by Gasteiger charge is 2.24. The summed E-state index contributed by atoms with van der Waals surface area (Å²) in [5.41, 5.74) is 2.91. The molecule has 1 fully saturated rings. The van der Waals surface area contributed by atoms with E-state index in [2.05, 4.69) is 4.90 Å². The lowest BCUT2D eigenvalue weighted by molar-refractivity contribution is 0.470. The minimum atomic E-state index is -3.55. The Morgan fingerprint density at radius 2 is 1.38 bits per heavy atom. The normalized spacial score (nSPS) is 15.8. The van der Waals surface area contributed by atoms with Gasteiger partial charge in [0.1, 0.15) is 0 Å². The fourth-order valence-corrected chi connectivity index (χ4v) is 4.38. The highest BCUT2D eigenvalue weighted by atomic mass is 32.2. The van der Waals surface area contributed by atoms with Crippen LogP contribution in [0.4, 0.5) is 0 Å². The van der Waals surface area contributed by atoms with Crippen LogP contribution in [0.3, 0.4) is 0 Å². The van der Waals surface area contributed by atoms with Crippen LogP contribution in [-0.2, 0) is 9.84 Å². The molecule has 0 unspecified atom stereocenters. The Hall–Kier alpha value is -2.07. The van der Waals surface area contributed by atoms with Gasteiger partial charge in [0.15, 0.2) is 0 Å². The Morgan fingerprint density at radius 1 is 0.875 bits per heavy atom. The SMILES string of the molecule is Cc1ccc(/C(=C/N2CCCC2)S(=O)(=O)c2ccc(C)cc2)cc1. The number of benzene rings is 2. The Bertz CT molecular complexity index is 828. The van der Waals surface area contributed by atoms with Crippen LogP contribution in [0.1, 0.15) is 29.5 Å². The molecule has 0 spiro atoms. The first-order chi connectivity index (χ1) is 11.5. The van der Waals surface area contributed by atoms with E-state index in [-0.39, 0.29) is 0 Å². The second kappa shape index (κ2) is 6.81. The average Bonchev–Trinajstić information content (AvgIpc) is 3.07. The molecule has 4 heteroatoms. The van der Waals surface area contributed by atoms with Gasteiger partial charge in [-0.05, 0) is 44.4 Å². The number of nitrogens with zero attached hydrogens (tertiary/aromatic N) is 1. The summed E-state index contributed by atoms with van der Waals surface area (Å²) in [5.74, 6) is 0. The van der Waals surface area contributed by atoms with E-state index in [0.717, 1.165) is 42.6 Å². The van der Waals surface area contributed by atoms with Crippen molar-refractivity contribution < 1.29 is 8.42 Å². The molecule has 0 saturated carbocycles. The van der Waals surface area contributed by atoms with E-state index in [9.17, 15) is 8.42 Å². The molecular weight excluding hydrogens is 318 g/mol.